The molecule has 0 fully saturated rings. The van der Waals surface area contributed by atoms with Gasteiger partial charge in [0.05, 0.1) is 0 Å². The van der Waals surface area contributed by atoms with E-state index in [1.54, 1.807) is 12.2 Å². The van der Waals surface area contributed by atoms with Crippen LogP contribution in [0.25, 0.3) is 0 Å². The molecule has 1 aliphatic carbocycles. The molecule has 2 atom stereocenters. The zero-order valence-electron chi connectivity index (χ0n) is 8.23. The molecule has 0 spiro atoms. The van der Waals surface area contributed by atoms with Crippen LogP contribution in [0.15, 0.2) is 54.3 Å². The number of halogens is 1. The molecule has 2 rings (SSSR count). The van der Waals surface area contributed by atoms with Gasteiger partial charge in [-0.3, -0.25) is 0 Å². The fourth-order valence-electron chi connectivity index (χ4n) is 1.72. The van der Waals surface area contributed by atoms with Crippen LogP contribution in [0.5, 0.6) is 0 Å². The third-order valence-electron chi connectivity index (χ3n) is 2.53. The van der Waals surface area contributed by atoms with E-state index in [9.17, 15) is 0 Å². The van der Waals surface area contributed by atoms with Gasteiger partial charge in [-0.15, -0.1) is 0 Å². The monoisotopic (exact) mass is 220 g/mol. The highest BCUT2D eigenvalue weighted by molar-refractivity contribution is 6.25. The van der Waals surface area contributed by atoms with Crippen LogP contribution < -0.4 is 11.5 Å². The van der Waals surface area contributed by atoms with Crippen molar-refractivity contribution in [3.8, 4) is 0 Å². The molecule has 0 radical (unpaired) electrons. The number of alkyl halides is 1. The summed E-state index contributed by atoms with van der Waals surface area (Å²) in [7, 11) is 0. The molecule has 2 nitrogen and oxygen atoms in total. The first-order valence-electron chi connectivity index (χ1n) is 4.79. The first-order chi connectivity index (χ1) is 7.09. The molecule has 0 saturated heterocycles. The van der Waals surface area contributed by atoms with E-state index in [2.05, 4.69) is 0 Å². The molecule has 1 aliphatic rings. The van der Waals surface area contributed by atoms with Crippen LogP contribution in [0.4, 0.5) is 0 Å². The van der Waals surface area contributed by atoms with Crippen LogP contribution in [0, 0.1) is 0 Å². The number of allylic oxidation sites excluding steroid dienone is 1. The average Bonchev–Trinajstić information content (AvgIpc) is 2.23. The predicted octanol–water partition coefficient (Wildman–Crippen LogP) is 2.08. The Kier molecular flexibility index (Phi) is 2.55. The van der Waals surface area contributed by atoms with Crippen LogP contribution in [-0.4, -0.2) is 5.00 Å². The molecule has 1 aromatic carbocycles. The first-order valence-corrected chi connectivity index (χ1v) is 5.17. The van der Waals surface area contributed by atoms with Crippen LogP contribution in [0.3, 0.4) is 0 Å². The van der Waals surface area contributed by atoms with Gasteiger partial charge in [0.25, 0.3) is 0 Å². The van der Waals surface area contributed by atoms with Crippen molar-refractivity contribution in [3.05, 3.63) is 59.8 Å². The summed E-state index contributed by atoms with van der Waals surface area (Å²) >= 11 is 6.23. The molecule has 0 aliphatic heterocycles. The molecular formula is C12H13ClN2. The van der Waals surface area contributed by atoms with Gasteiger partial charge in [0.15, 0.2) is 0 Å². The molecule has 0 amide bonds. The summed E-state index contributed by atoms with van der Waals surface area (Å²) in [5, 5.41) is 0. The van der Waals surface area contributed by atoms with Crippen LogP contribution in [-0.2, 0) is 0 Å². The molecule has 0 bridgehead atoms. The summed E-state index contributed by atoms with van der Waals surface area (Å²) < 4.78 is 0. The van der Waals surface area contributed by atoms with Crippen molar-refractivity contribution in [1.82, 2.24) is 0 Å². The van der Waals surface area contributed by atoms with Gasteiger partial charge >= 0.3 is 0 Å². The molecule has 0 heterocycles. The zero-order chi connectivity index (χ0) is 10.9. The van der Waals surface area contributed by atoms with E-state index in [4.69, 9.17) is 23.1 Å². The summed E-state index contributed by atoms with van der Waals surface area (Å²) in [6.07, 6.45) is 5.37. The van der Waals surface area contributed by atoms with E-state index < -0.39 is 5.00 Å². The second kappa shape index (κ2) is 3.72. The van der Waals surface area contributed by atoms with Gasteiger partial charge in [0.2, 0.25) is 0 Å². The third-order valence-corrected chi connectivity index (χ3v) is 2.89. The Labute approximate surface area is 94.2 Å². The van der Waals surface area contributed by atoms with Crippen LogP contribution in [0.1, 0.15) is 11.5 Å². The smallest absolute Gasteiger partial charge is 0.120 e. The highest BCUT2D eigenvalue weighted by atomic mass is 35.5. The second-order valence-corrected chi connectivity index (χ2v) is 4.37. The van der Waals surface area contributed by atoms with Gasteiger partial charge < -0.3 is 11.5 Å². The summed E-state index contributed by atoms with van der Waals surface area (Å²) in [5.41, 5.74) is 13.5. The standard InChI is InChI=1S/C12H13ClN2/c13-12(15)7-6-10(14)8-11(12)9-4-2-1-3-5-9/h1-8,11H,14-15H2. The highest BCUT2D eigenvalue weighted by Gasteiger charge is 2.32. The first kappa shape index (κ1) is 10.3. The number of hydrogen-bond donors (Lipinski definition) is 2. The maximum atomic E-state index is 6.23. The molecule has 4 N–H and O–H groups in total. The molecule has 3 heteroatoms. The lowest BCUT2D eigenvalue weighted by Gasteiger charge is -2.30. The Bertz CT molecular complexity index is 407. The van der Waals surface area contributed by atoms with Crippen molar-refractivity contribution in [3.63, 3.8) is 0 Å². The molecule has 0 saturated carbocycles. The Balaban J connectivity index is 2.40. The topological polar surface area (TPSA) is 52.0 Å². The van der Waals surface area contributed by atoms with Crippen LogP contribution in [0.2, 0.25) is 0 Å². The van der Waals surface area contributed by atoms with Gasteiger partial charge in [-0.05, 0) is 17.7 Å². The minimum Gasteiger partial charge on any atom is -0.399 e. The van der Waals surface area contributed by atoms with Gasteiger partial charge in [-0.25, -0.2) is 0 Å². The molecule has 15 heavy (non-hydrogen) atoms. The molecule has 2 unspecified atom stereocenters. The predicted molar refractivity (Wildman–Crippen MR) is 63.4 cm³/mol. The van der Waals surface area contributed by atoms with E-state index >= 15 is 0 Å². The maximum Gasteiger partial charge on any atom is 0.120 e. The van der Waals surface area contributed by atoms with Crippen molar-refractivity contribution >= 4 is 11.6 Å². The second-order valence-electron chi connectivity index (χ2n) is 3.72. The summed E-state index contributed by atoms with van der Waals surface area (Å²) in [6.45, 7) is 0. The van der Waals surface area contributed by atoms with Crippen molar-refractivity contribution < 1.29 is 0 Å². The third kappa shape index (κ3) is 2.06. The number of benzene rings is 1. The minimum absolute atomic E-state index is 0.0784. The lowest BCUT2D eigenvalue weighted by atomic mass is 9.87. The van der Waals surface area contributed by atoms with Gasteiger partial charge in [0.1, 0.15) is 5.00 Å². The van der Waals surface area contributed by atoms with Crippen LogP contribution >= 0.6 is 11.6 Å². The van der Waals surface area contributed by atoms with E-state index in [1.807, 2.05) is 36.4 Å². The molecule has 0 aromatic heterocycles. The van der Waals surface area contributed by atoms with E-state index in [1.165, 1.54) is 0 Å². The Morgan fingerprint density at radius 3 is 2.53 bits per heavy atom. The number of hydrogen-bond acceptors (Lipinski definition) is 2. The normalized spacial score (nSPS) is 30.0. The molecular weight excluding hydrogens is 208 g/mol. The van der Waals surface area contributed by atoms with E-state index in [0.29, 0.717) is 5.70 Å². The highest BCUT2D eigenvalue weighted by Crippen LogP contribution is 2.35. The molecule has 1 aromatic rings. The largest absolute Gasteiger partial charge is 0.399 e. The lowest BCUT2D eigenvalue weighted by molar-refractivity contribution is 0.640. The summed E-state index contributed by atoms with van der Waals surface area (Å²) in [5.74, 6) is -0.0784. The average molecular weight is 221 g/mol. The Hall–Kier alpha value is -1.25. The van der Waals surface area contributed by atoms with Crippen molar-refractivity contribution in [2.45, 2.75) is 10.9 Å². The SMILES string of the molecule is NC1=CC(c2ccccc2)C(N)(Cl)C=C1. The Morgan fingerprint density at radius 1 is 1.20 bits per heavy atom. The number of nitrogens with two attached hydrogens (primary N) is 2. The quantitative estimate of drug-likeness (QED) is 0.563. The van der Waals surface area contributed by atoms with Crippen molar-refractivity contribution in [2.75, 3.05) is 0 Å². The molecule has 78 valence electrons. The lowest BCUT2D eigenvalue weighted by Crippen LogP contribution is -2.39. The summed E-state index contributed by atoms with van der Waals surface area (Å²) in [4.78, 5) is -0.885. The fourth-order valence-corrected chi connectivity index (χ4v) is 1.97. The van der Waals surface area contributed by atoms with Crippen molar-refractivity contribution in [2.24, 2.45) is 11.5 Å². The van der Waals surface area contributed by atoms with Gasteiger partial charge in [-0.1, -0.05) is 48.0 Å². The Morgan fingerprint density at radius 2 is 1.87 bits per heavy atom. The number of rotatable bonds is 1. The maximum absolute atomic E-state index is 6.23. The van der Waals surface area contributed by atoms with Gasteiger partial charge in [0, 0.05) is 11.6 Å². The van der Waals surface area contributed by atoms with E-state index in [0.717, 1.165) is 5.56 Å². The van der Waals surface area contributed by atoms with Crippen molar-refractivity contribution in [1.29, 1.82) is 0 Å². The van der Waals surface area contributed by atoms with Gasteiger partial charge in [-0.2, -0.15) is 0 Å². The van der Waals surface area contributed by atoms with E-state index in [-0.39, 0.29) is 5.92 Å². The minimum atomic E-state index is -0.885. The summed E-state index contributed by atoms with van der Waals surface area (Å²) in [6, 6.07) is 9.88. The zero-order valence-corrected chi connectivity index (χ0v) is 8.98. The fraction of sp³-hybridized carbons (Fsp3) is 0.167.